The van der Waals surface area contributed by atoms with Crippen LogP contribution in [0.2, 0.25) is 0 Å². The Morgan fingerprint density at radius 3 is 1.57 bits per heavy atom. The maximum absolute atomic E-state index is 13.5. The van der Waals surface area contributed by atoms with Crippen LogP contribution >= 0.6 is 0 Å². The van der Waals surface area contributed by atoms with Crippen molar-refractivity contribution in [2.75, 3.05) is 10.6 Å². The molecule has 9 rings (SSSR count). The molecule has 5 aromatic carbocycles. The number of benzene rings is 5. The van der Waals surface area contributed by atoms with Crippen molar-refractivity contribution in [3.8, 4) is 11.1 Å². The van der Waals surface area contributed by atoms with E-state index in [1.54, 1.807) is 0 Å². The van der Waals surface area contributed by atoms with Crippen LogP contribution in [0, 0.1) is 0 Å². The lowest BCUT2D eigenvalue weighted by Crippen LogP contribution is -2.27. The van der Waals surface area contributed by atoms with E-state index in [9.17, 15) is 9.59 Å². The highest BCUT2D eigenvalue weighted by atomic mass is 16.2. The van der Waals surface area contributed by atoms with E-state index in [4.69, 9.17) is 0 Å². The molecule has 1 fully saturated rings. The van der Waals surface area contributed by atoms with Gasteiger partial charge >= 0.3 is 0 Å². The molecule has 0 spiro atoms. The third kappa shape index (κ3) is 6.24. The largest absolute Gasteiger partial charge is 0.326 e. The number of amides is 2. The van der Waals surface area contributed by atoms with Gasteiger partial charge in [-0.1, -0.05) is 140 Å². The summed E-state index contributed by atoms with van der Waals surface area (Å²) in [5.41, 5.74) is 14.4. The average molecular weight is 695 g/mol. The predicted molar refractivity (Wildman–Crippen MR) is 216 cm³/mol. The summed E-state index contributed by atoms with van der Waals surface area (Å²) in [6.45, 7) is 0. The van der Waals surface area contributed by atoms with E-state index in [0.717, 1.165) is 37.1 Å². The monoisotopic (exact) mass is 694 g/mol. The molecule has 1 atom stereocenters. The molecule has 0 bridgehead atoms. The molecule has 1 unspecified atom stereocenters. The van der Waals surface area contributed by atoms with E-state index in [2.05, 4.69) is 144 Å². The number of carbonyl (C=O) groups excluding carboxylic acids is 2. The fourth-order valence-corrected chi connectivity index (χ4v) is 9.87. The maximum atomic E-state index is 13.5. The third-order valence-corrected chi connectivity index (χ3v) is 12.4. The topological polar surface area (TPSA) is 58.2 Å². The predicted octanol–water partition coefficient (Wildman–Crippen LogP) is 11.7. The Hall–Kier alpha value is -5.48. The van der Waals surface area contributed by atoms with Gasteiger partial charge in [-0.2, -0.15) is 0 Å². The first-order valence-corrected chi connectivity index (χ1v) is 19.6. The van der Waals surface area contributed by atoms with Gasteiger partial charge in [0, 0.05) is 41.5 Å². The lowest BCUT2D eigenvalue weighted by Gasteiger charge is -2.35. The van der Waals surface area contributed by atoms with Crippen molar-refractivity contribution in [3.63, 3.8) is 0 Å². The fourth-order valence-electron chi connectivity index (χ4n) is 9.87. The number of allylic oxidation sites excluding steroid dienone is 4. The Labute approximate surface area is 313 Å². The van der Waals surface area contributed by atoms with E-state index in [-0.39, 0.29) is 29.1 Å². The molecule has 4 heteroatoms. The van der Waals surface area contributed by atoms with Gasteiger partial charge in [0.15, 0.2) is 0 Å². The lowest BCUT2D eigenvalue weighted by atomic mass is 9.69. The molecule has 0 aromatic heterocycles. The Kier molecular flexibility index (Phi) is 8.91. The second-order valence-electron chi connectivity index (χ2n) is 15.4. The number of hydrogen-bond donors (Lipinski definition) is 2. The van der Waals surface area contributed by atoms with Gasteiger partial charge < -0.3 is 10.6 Å². The van der Waals surface area contributed by atoms with Gasteiger partial charge in [0.2, 0.25) is 11.8 Å². The van der Waals surface area contributed by atoms with Crippen LogP contribution in [0.1, 0.15) is 109 Å². The minimum Gasteiger partial charge on any atom is -0.326 e. The second-order valence-corrected chi connectivity index (χ2v) is 15.4. The molecule has 0 saturated heterocycles. The highest BCUT2D eigenvalue weighted by molar-refractivity contribution is 5.95. The van der Waals surface area contributed by atoms with Gasteiger partial charge in [-0.25, -0.2) is 0 Å². The quantitative estimate of drug-likeness (QED) is 0.159. The lowest BCUT2D eigenvalue weighted by molar-refractivity contribution is -0.117. The van der Waals surface area contributed by atoms with Crippen molar-refractivity contribution < 1.29 is 9.59 Å². The zero-order valence-electron chi connectivity index (χ0n) is 30.2. The summed E-state index contributed by atoms with van der Waals surface area (Å²) < 4.78 is 0. The van der Waals surface area contributed by atoms with Crippen molar-refractivity contribution >= 4 is 28.8 Å². The van der Waals surface area contributed by atoms with Crippen molar-refractivity contribution in [2.24, 2.45) is 0 Å². The fraction of sp³-hybridized carbons (Fsp3) is 0.265. The highest BCUT2D eigenvalue weighted by Gasteiger charge is 2.36. The summed E-state index contributed by atoms with van der Waals surface area (Å²) >= 11 is 0. The van der Waals surface area contributed by atoms with E-state index in [1.807, 2.05) is 0 Å². The molecule has 0 radical (unpaired) electrons. The van der Waals surface area contributed by atoms with E-state index < -0.39 is 0 Å². The number of rotatable bonds is 8. The molecule has 264 valence electrons. The van der Waals surface area contributed by atoms with Crippen LogP contribution in [0.4, 0.5) is 11.4 Å². The standard InChI is InChI=1S/C49H46N2O2/c52-47(31-45-41-17-7-3-13-37(41)38-14-4-8-18-42(38)45)50-35-25-21-33(22-26-35)49(29-11-1-2-12-30-49)34-23-27-36(28-24-34)51-48(53)32-46-43-19-9-5-15-39(43)40-16-6-10-20-44(40)46/h3-9,13-19,21-28,45-46H,1-2,10-12,20,29-32H2,(H,50,52)(H,51,53). The van der Waals surface area contributed by atoms with Crippen LogP contribution in [0.15, 0.2) is 139 Å². The van der Waals surface area contributed by atoms with Crippen LogP contribution in [-0.2, 0) is 15.0 Å². The average Bonchev–Trinajstić information content (AvgIpc) is 3.53. The summed E-state index contributed by atoms with van der Waals surface area (Å²) in [6.07, 6.45) is 14.4. The summed E-state index contributed by atoms with van der Waals surface area (Å²) in [7, 11) is 0. The second kappa shape index (κ2) is 14.2. The van der Waals surface area contributed by atoms with Crippen LogP contribution in [0.3, 0.4) is 0 Å². The molecule has 53 heavy (non-hydrogen) atoms. The molecular formula is C49H46N2O2. The van der Waals surface area contributed by atoms with E-state index in [0.29, 0.717) is 12.8 Å². The van der Waals surface area contributed by atoms with Crippen LogP contribution in [-0.4, -0.2) is 11.8 Å². The zero-order valence-corrected chi connectivity index (χ0v) is 30.2. The summed E-state index contributed by atoms with van der Waals surface area (Å²) in [6, 6.07) is 42.7. The zero-order chi connectivity index (χ0) is 35.8. The van der Waals surface area contributed by atoms with Crippen molar-refractivity contribution in [3.05, 3.63) is 172 Å². The Morgan fingerprint density at radius 1 is 0.547 bits per heavy atom. The maximum Gasteiger partial charge on any atom is 0.225 e. The molecule has 4 aliphatic carbocycles. The molecule has 0 heterocycles. The van der Waals surface area contributed by atoms with Gasteiger partial charge in [0.25, 0.3) is 0 Å². The molecule has 2 N–H and O–H groups in total. The van der Waals surface area contributed by atoms with E-state index >= 15 is 0 Å². The van der Waals surface area contributed by atoms with Gasteiger partial charge in [-0.3, -0.25) is 9.59 Å². The van der Waals surface area contributed by atoms with Gasteiger partial charge in [0.1, 0.15) is 0 Å². The molecular weight excluding hydrogens is 649 g/mol. The Morgan fingerprint density at radius 2 is 1.02 bits per heavy atom. The first kappa shape index (κ1) is 33.4. The van der Waals surface area contributed by atoms with Gasteiger partial charge in [-0.05, 0) is 100 Å². The number of anilines is 2. The van der Waals surface area contributed by atoms with Crippen molar-refractivity contribution in [1.82, 2.24) is 0 Å². The normalized spacial score (nSPS) is 18.4. The third-order valence-electron chi connectivity index (χ3n) is 12.4. The molecule has 0 aliphatic heterocycles. The minimum absolute atomic E-state index is 0.0287. The first-order valence-electron chi connectivity index (χ1n) is 19.6. The highest BCUT2D eigenvalue weighted by Crippen LogP contribution is 2.49. The molecule has 4 aliphatic rings. The van der Waals surface area contributed by atoms with Crippen molar-refractivity contribution in [1.29, 1.82) is 0 Å². The molecule has 5 aromatic rings. The smallest absolute Gasteiger partial charge is 0.225 e. The van der Waals surface area contributed by atoms with Crippen LogP contribution in [0.5, 0.6) is 0 Å². The minimum atomic E-state index is -0.107. The number of carbonyl (C=O) groups is 2. The number of nitrogens with one attached hydrogen (secondary N) is 2. The van der Waals surface area contributed by atoms with E-state index in [1.165, 1.54) is 81.3 Å². The summed E-state index contributed by atoms with van der Waals surface area (Å²) in [5, 5.41) is 6.44. The molecule has 4 nitrogen and oxygen atoms in total. The summed E-state index contributed by atoms with van der Waals surface area (Å²) in [5.74, 6) is 0.288. The Balaban J connectivity index is 0.896. The number of hydrogen-bond acceptors (Lipinski definition) is 2. The summed E-state index contributed by atoms with van der Waals surface area (Å²) in [4.78, 5) is 27.0. The Bertz CT molecular complexity index is 2190. The first-order chi connectivity index (χ1) is 26.1. The van der Waals surface area contributed by atoms with Gasteiger partial charge in [-0.15, -0.1) is 0 Å². The number of fused-ring (bicyclic) bond motifs is 5. The SMILES string of the molecule is O=C(CC1C2=C(C=CCC2)c2ccccc21)Nc1ccc(C2(c3ccc(NC(=O)CC4c5ccccc5-c5ccccc54)cc3)CCCCCC2)cc1. The molecule has 2 amide bonds. The molecule has 1 saturated carbocycles. The van der Waals surface area contributed by atoms with Crippen LogP contribution in [0.25, 0.3) is 16.7 Å². The van der Waals surface area contributed by atoms with Crippen molar-refractivity contribution in [2.45, 2.75) is 81.5 Å². The van der Waals surface area contributed by atoms with Crippen LogP contribution < -0.4 is 10.6 Å². The van der Waals surface area contributed by atoms with Gasteiger partial charge in [0.05, 0.1) is 0 Å².